The molecule has 0 aliphatic heterocycles. The number of pyridine rings is 1. The van der Waals surface area contributed by atoms with Crippen LogP contribution >= 0.6 is 0 Å². The maximum absolute atomic E-state index is 13.2. The largest absolute Gasteiger partial charge is 0.503 e. The zero-order valence-electron chi connectivity index (χ0n) is 22.6. The predicted molar refractivity (Wildman–Crippen MR) is 141 cm³/mol. The molecule has 212 valence electrons. The zero-order chi connectivity index (χ0) is 29.4. The maximum atomic E-state index is 13.2. The molecule has 0 saturated heterocycles. The van der Waals surface area contributed by atoms with Crippen LogP contribution in [0, 0.1) is 18.6 Å². The summed E-state index contributed by atoms with van der Waals surface area (Å²) in [6.45, 7) is 5.69. The van der Waals surface area contributed by atoms with Crippen molar-refractivity contribution in [1.82, 2.24) is 4.98 Å². The lowest BCUT2D eigenvalue weighted by molar-refractivity contribution is -0.148. The summed E-state index contributed by atoms with van der Waals surface area (Å²) in [4.78, 5) is 25.2. The van der Waals surface area contributed by atoms with Crippen molar-refractivity contribution in [2.45, 2.75) is 39.7 Å². The van der Waals surface area contributed by atoms with Gasteiger partial charge in [-0.15, -0.1) is 0 Å². The zero-order valence-corrected chi connectivity index (χ0v) is 22.6. The minimum absolute atomic E-state index is 0.00887. The number of methoxy groups -OCH3 is 2. The number of rotatable bonds is 9. The van der Waals surface area contributed by atoms with E-state index in [9.17, 15) is 23.5 Å². The van der Waals surface area contributed by atoms with Crippen LogP contribution in [0.3, 0.4) is 0 Å². The van der Waals surface area contributed by atoms with Gasteiger partial charge in [0.15, 0.2) is 28.8 Å². The van der Waals surface area contributed by atoms with Crippen molar-refractivity contribution in [2.24, 2.45) is 5.73 Å². The Kier molecular flexibility index (Phi) is 14.4. The van der Waals surface area contributed by atoms with E-state index in [2.05, 4.69) is 11.9 Å². The highest BCUT2D eigenvalue weighted by Crippen LogP contribution is 2.26. The van der Waals surface area contributed by atoms with Crippen LogP contribution in [-0.2, 0) is 9.53 Å². The molecular formula is C28H34F2N2O7. The molecule has 0 saturated carbocycles. The van der Waals surface area contributed by atoms with E-state index in [4.69, 9.17) is 24.7 Å². The first-order chi connectivity index (χ1) is 18.5. The Morgan fingerprint density at radius 2 is 1.69 bits per heavy atom. The summed E-state index contributed by atoms with van der Waals surface area (Å²) in [5, 5.41) is 9.27. The van der Waals surface area contributed by atoms with Crippen LogP contribution in [0.2, 0.25) is 0 Å². The molecule has 0 aliphatic rings. The van der Waals surface area contributed by atoms with E-state index >= 15 is 0 Å². The Morgan fingerprint density at radius 1 is 1.03 bits per heavy atom. The molecule has 3 rings (SSSR count). The summed E-state index contributed by atoms with van der Waals surface area (Å²) in [7, 11) is 3.05. The third-order valence-electron chi connectivity index (χ3n) is 4.89. The molecule has 3 N–H and O–H groups in total. The molecular weight excluding hydrogens is 514 g/mol. The average Bonchev–Trinajstić information content (AvgIpc) is 2.91. The summed E-state index contributed by atoms with van der Waals surface area (Å²) in [5.41, 5.74) is 6.00. The molecule has 1 atom stereocenters. The number of hydrogen-bond acceptors (Lipinski definition) is 8. The second kappa shape index (κ2) is 17.2. The molecule has 0 fully saturated rings. The Bertz CT molecular complexity index is 1190. The number of hydrogen-bond donors (Lipinski definition) is 2. The Morgan fingerprint density at radius 3 is 2.23 bits per heavy atom. The number of esters is 1. The van der Waals surface area contributed by atoms with Gasteiger partial charge in [-0.05, 0) is 38.1 Å². The van der Waals surface area contributed by atoms with E-state index in [1.54, 1.807) is 21.0 Å². The molecule has 11 heteroatoms. The fourth-order valence-electron chi connectivity index (χ4n) is 2.75. The third-order valence-corrected chi connectivity index (χ3v) is 4.89. The fraction of sp³-hybridized carbons (Fsp3) is 0.321. The minimum Gasteiger partial charge on any atom is -0.503 e. The van der Waals surface area contributed by atoms with Gasteiger partial charge in [-0.1, -0.05) is 24.6 Å². The Balaban J connectivity index is 0.000000312. The van der Waals surface area contributed by atoms with Gasteiger partial charge in [0.25, 0.3) is 5.91 Å². The number of carbonyl (C=O) groups is 2. The van der Waals surface area contributed by atoms with Gasteiger partial charge in [-0.2, -0.15) is 0 Å². The van der Waals surface area contributed by atoms with Gasteiger partial charge in [0.05, 0.1) is 20.8 Å². The van der Waals surface area contributed by atoms with Crippen molar-refractivity contribution in [2.75, 3.05) is 20.8 Å². The summed E-state index contributed by atoms with van der Waals surface area (Å²) >= 11 is 0. The predicted octanol–water partition coefficient (Wildman–Crippen LogP) is 4.97. The third kappa shape index (κ3) is 12.1. The van der Waals surface area contributed by atoms with Crippen LogP contribution in [0.15, 0.2) is 54.7 Å². The highest BCUT2D eigenvalue weighted by atomic mass is 19.1. The van der Waals surface area contributed by atoms with Crippen molar-refractivity contribution in [3.05, 3.63) is 77.6 Å². The maximum Gasteiger partial charge on any atom is 0.305 e. The molecule has 39 heavy (non-hydrogen) atoms. The monoisotopic (exact) mass is 548 g/mol. The number of nitrogens with two attached hydrogens (primary N) is 1. The number of aryl methyl sites for hydroxylation is 1. The van der Waals surface area contributed by atoms with Crippen molar-refractivity contribution >= 4 is 11.9 Å². The molecule has 1 heterocycles. The normalized spacial score (nSPS) is 10.5. The highest BCUT2D eigenvalue weighted by molar-refractivity contribution is 5.94. The molecule has 3 aromatic rings. The molecule has 2 aromatic carbocycles. The number of benzene rings is 2. The van der Waals surface area contributed by atoms with E-state index in [0.29, 0.717) is 12.8 Å². The van der Waals surface area contributed by atoms with Gasteiger partial charge in [-0.25, -0.2) is 13.8 Å². The van der Waals surface area contributed by atoms with Crippen LogP contribution < -0.4 is 19.9 Å². The first-order valence-electron chi connectivity index (χ1n) is 11.9. The molecule has 1 amide bonds. The first kappa shape index (κ1) is 32.6. The van der Waals surface area contributed by atoms with Crippen LogP contribution in [-0.4, -0.2) is 48.9 Å². The SMILES string of the molecule is CCC(=O)OC(C)CCOc1ccc(F)cc1F.COc1ccc(C)cc1.COc1ccnc(C(N)=O)c1O. The van der Waals surface area contributed by atoms with E-state index < -0.39 is 17.5 Å². The number of aromatic nitrogens is 1. The average molecular weight is 549 g/mol. The van der Waals surface area contributed by atoms with E-state index in [-0.39, 0.29) is 41.6 Å². The van der Waals surface area contributed by atoms with Crippen molar-refractivity contribution in [3.8, 4) is 23.0 Å². The van der Waals surface area contributed by atoms with Crippen LogP contribution in [0.5, 0.6) is 23.0 Å². The van der Waals surface area contributed by atoms with Gasteiger partial charge < -0.3 is 29.8 Å². The van der Waals surface area contributed by atoms with Crippen LogP contribution in [0.1, 0.15) is 42.7 Å². The highest BCUT2D eigenvalue weighted by Gasteiger charge is 2.13. The topological polar surface area (TPSA) is 130 Å². The lowest BCUT2D eigenvalue weighted by Gasteiger charge is -2.13. The number of primary amides is 1. The van der Waals surface area contributed by atoms with Gasteiger partial charge in [0.1, 0.15) is 17.7 Å². The van der Waals surface area contributed by atoms with Gasteiger partial charge in [-0.3, -0.25) is 9.59 Å². The summed E-state index contributed by atoms with van der Waals surface area (Å²) in [5.74, 6) is -1.70. The Hall–Kier alpha value is -4.41. The second-order valence-electron chi connectivity index (χ2n) is 7.96. The molecule has 0 spiro atoms. The van der Waals surface area contributed by atoms with E-state index in [1.807, 2.05) is 24.3 Å². The van der Waals surface area contributed by atoms with E-state index in [0.717, 1.165) is 17.9 Å². The van der Waals surface area contributed by atoms with Crippen LogP contribution in [0.25, 0.3) is 0 Å². The fourth-order valence-corrected chi connectivity index (χ4v) is 2.75. The van der Waals surface area contributed by atoms with Crippen molar-refractivity contribution in [1.29, 1.82) is 0 Å². The van der Waals surface area contributed by atoms with Crippen LogP contribution in [0.4, 0.5) is 8.78 Å². The number of carbonyl (C=O) groups excluding carboxylic acids is 2. The lowest BCUT2D eigenvalue weighted by atomic mass is 10.2. The Labute approximate surface area is 226 Å². The lowest BCUT2D eigenvalue weighted by Crippen LogP contribution is -2.17. The summed E-state index contributed by atoms with van der Waals surface area (Å²) in [6.07, 6.45) is 1.81. The number of aromatic hydroxyl groups is 1. The van der Waals surface area contributed by atoms with Gasteiger partial charge in [0.2, 0.25) is 0 Å². The number of ether oxygens (including phenoxy) is 4. The van der Waals surface area contributed by atoms with Crippen molar-refractivity contribution in [3.63, 3.8) is 0 Å². The van der Waals surface area contributed by atoms with Gasteiger partial charge in [0, 0.05) is 31.2 Å². The standard InChI is InChI=1S/C13H16F2O3.C8H10O.C7H8N2O3/c1-3-13(16)18-9(2)6-7-17-12-5-4-10(14)8-11(12)15;1-7-3-5-8(9-2)6-4-7;1-12-4-2-3-9-5(6(4)10)7(8)11/h4-5,8-9H,3,6-7H2,1-2H3;3-6H,1-2H3;2-3,10H,1H3,(H2,8,11). The number of amides is 1. The molecule has 0 radical (unpaired) electrons. The molecule has 1 unspecified atom stereocenters. The minimum atomic E-state index is -0.786. The molecule has 0 bridgehead atoms. The van der Waals surface area contributed by atoms with Crippen molar-refractivity contribution < 1.29 is 42.4 Å². The van der Waals surface area contributed by atoms with E-state index in [1.165, 1.54) is 31.0 Å². The molecule has 9 nitrogen and oxygen atoms in total. The summed E-state index contributed by atoms with van der Waals surface area (Å²) < 4.78 is 45.7. The second-order valence-corrected chi connectivity index (χ2v) is 7.96. The quantitative estimate of drug-likeness (QED) is 0.359. The first-order valence-corrected chi connectivity index (χ1v) is 11.9. The number of nitrogens with zero attached hydrogens (tertiary/aromatic N) is 1. The summed E-state index contributed by atoms with van der Waals surface area (Å²) in [6, 6.07) is 12.5. The number of halogens is 2. The van der Waals surface area contributed by atoms with Gasteiger partial charge >= 0.3 is 5.97 Å². The smallest absolute Gasteiger partial charge is 0.305 e. The molecule has 0 aliphatic carbocycles. The molecule has 1 aromatic heterocycles.